The van der Waals surface area contributed by atoms with Crippen molar-refractivity contribution in [3.63, 3.8) is 0 Å². The quantitative estimate of drug-likeness (QED) is 0.254. The zero-order valence-corrected chi connectivity index (χ0v) is 20.7. The number of anilines is 1. The molecule has 2 heterocycles. The van der Waals surface area contributed by atoms with E-state index in [0.717, 1.165) is 42.4 Å². The van der Waals surface area contributed by atoms with Crippen molar-refractivity contribution >= 4 is 24.0 Å². The molecule has 0 spiro atoms. The van der Waals surface area contributed by atoms with Crippen LogP contribution in [-0.4, -0.2) is 57.6 Å². The Morgan fingerprint density at radius 3 is 2.21 bits per heavy atom. The second kappa shape index (κ2) is 10.7. The molecule has 0 bridgehead atoms. The first-order chi connectivity index (χ1) is 17.5. The number of benzene rings is 1. The zero-order chi connectivity index (χ0) is 28.6. The number of ether oxygens (including phenoxy) is 1. The van der Waals surface area contributed by atoms with Gasteiger partial charge in [0.05, 0.1) is 6.54 Å². The highest BCUT2D eigenvalue weighted by atomic mass is 32.1. The van der Waals surface area contributed by atoms with E-state index in [1.54, 1.807) is 0 Å². The van der Waals surface area contributed by atoms with E-state index in [-0.39, 0.29) is 23.1 Å². The molecule has 0 aliphatic heterocycles. The Morgan fingerprint density at radius 2 is 1.68 bits per heavy atom. The Labute approximate surface area is 216 Å². The summed E-state index contributed by atoms with van der Waals surface area (Å²) in [6.45, 7) is -0.188. The number of rotatable bonds is 6. The third-order valence-electron chi connectivity index (χ3n) is 5.26. The van der Waals surface area contributed by atoms with Crippen LogP contribution in [0, 0.1) is 10.6 Å². The van der Waals surface area contributed by atoms with E-state index >= 15 is 0 Å². The molecule has 3 rings (SSSR count). The van der Waals surface area contributed by atoms with E-state index in [4.69, 9.17) is 17.0 Å². The summed E-state index contributed by atoms with van der Waals surface area (Å²) in [6.07, 6.45) is -11.0. The highest BCUT2D eigenvalue weighted by molar-refractivity contribution is 7.71. The predicted octanol–water partition coefficient (Wildman–Crippen LogP) is 5.10. The van der Waals surface area contributed by atoms with Gasteiger partial charge in [0, 0.05) is 25.1 Å². The highest BCUT2D eigenvalue weighted by Crippen LogP contribution is 2.42. The van der Waals surface area contributed by atoms with Crippen LogP contribution in [0.15, 0.2) is 42.7 Å². The fraction of sp³-hybridized carbons (Fsp3) is 0.318. The van der Waals surface area contributed by atoms with Crippen molar-refractivity contribution < 1.29 is 45.4 Å². The molecule has 3 aromatic rings. The maximum absolute atomic E-state index is 14.0. The lowest BCUT2D eigenvalue weighted by Crippen LogP contribution is -2.32. The van der Waals surface area contributed by atoms with E-state index in [1.165, 1.54) is 29.8 Å². The standard InChI is InChI=1S/C22H20F7N5O3S/c1-31(2)16(35)11-33-8-9-34(19(33)38)18-17(14(21(24,25)26)10-15(30-18)22(27,28)29)37-20(36)32(3)13-6-4-12(23)5-7-13/h4-10,16,35H,11H2,1-3H3. The molecular weight excluding hydrogens is 547 g/mol. The topological polar surface area (TPSA) is 75.8 Å². The molecule has 0 saturated heterocycles. The van der Waals surface area contributed by atoms with Gasteiger partial charge in [0.1, 0.15) is 23.3 Å². The lowest BCUT2D eigenvalue weighted by atomic mass is 10.1. The molecule has 0 aliphatic carbocycles. The van der Waals surface area contributed by atoms with Crippen LogP contribution in [-0.2, 0) is 18.9 Å². The van der Waals surface area contributed by atoms with Crippen molar-refractivity contribution in [2.24, 2.45) is 0 Å². The van der Waals surface area contributed by atoms with Crippen LogP contribution in [0.3, 0.4) is 0 Å². The Hall–Kier alpha value is -3.50. The van der Waals surface area contributed by atoms with Gasteiger partial charge >= 0.3 is 18.4 Å². The molecular formula is C22H20F7N5O3S. The van der Waals surface area contributed by atoms with Crippen LogP contribution in [0.5, 0.6) is 5.75 Å². The molecule has 0 saturated carbocycles. The maximum atomic E-state index is 14.0. The smallest absolute Gasteiger partial charge is 0.405 e. The molecule has 16 heteroatoms. The minimum atomic E-state index is -5.41. The first-order valence-corrected chi connectivity index (χ1v) is 10.9. The van der Waals surface area contributed by atoms with Crippen LogP contribution < -0.4 is 9.64 Å². The summed E-state index contributed by atoms with van der Waals surface area (Å²) in [5.74, 6) is -3.05. The monoisotopic (exact) mass is 567 g/mol. The van der Waals surface area contributed by atoms with Gasteiger partial charge in [-0.05, 0) is 56.6 Å². The van der Waals surface area contributed by atoms with Crippen LogP contribution >= 0.6 is 12.2 Å². The molecule has 8 nitrogen and oxygen atoms in total. The fourth-order valence-corrected chi connectivity index (χ4v) is 3.40. The first-order valence-electron chi connectivity index (χ1n) is 10.5. The van der Waals surface area contributed by atoms with E-state index in [2.05, 4.69) is 4.98 Å². The number of halogens is 7. The van der Waals surface area contributed by atoms with Crippen LogP contribution in [0.4, 0.5) is 41.2 Å². The number of carbonyl (C=O) groups excluding carboxylic acids is 1. The number of pyridine rings is 1. The minimum absolute atomic E-state index is 0.0202. The second-order valence-electron chi connectivity index (χ2n) is 8.15. The number of imidazole rings is 1. The largest absolute Gasteiger partial charge is 0.433 e. The number of hydrogen-bond acceptors (Lipinski definition) is 6. The number of aliphatic hydroxyl groups excluding tert-OH is 1. The van der Waals surface area contributed by atoms with Crippen LogP contribution in [0.25, 0.3) is 5.82 Å². The van der Waals surface area contributed by atoms with Gasteiger partial charge in [0.2, 0.25) is 0 Å². The number of alkyl halides is 6. The van der Waals surface area contributed by atoms with Gasteiger partial charge in [-0.1, -0.05) is 0 Å². The van der Waals surface area contributed by atoms with Gasteiger partial charge < -0.3 is 14.4 Å². The maximum Gasteiger partial charge on any atom is 0.433 e. The number of hydrogen-bond donors (Lipinski definition) is 1. The molecule has 1 atom stereocenters. The van der Waals surface area contributed by atoms with Crippen molar-refractivity contribution in [3.05, 3.63) is 64.6 Å². The summed E-state index contributed by atoms with van der Waals surface area (Å²) in [7, 11) is 4.17. The number of amides is 1. The first kappa shape index (κ1) is 29.1. The summed E-state index contributed by atoms with van der Waals surface area (Å²) in [6, 6.07) is 3.96. The van der Waals surface area contributed by atoms with Gasteiger partial charge in [-0.25, -0.2) is 14.2 Å². The van der Waals surface area contributed by atoms with Crippen molar-refractivity contribution in [1.29, 1.82) is 0 Å². The third-order valence-corrected chi connectivity index (χ3v) is 5.69. The van der Waals surface area contributed by atoms with E-state index < -0.39 is 53.3 Å². The molecule has 1 N–H and O–H groups in total. The van der Waals surface area contributed by atoms with E-state index in [1.807, 2.05) is 0 Å². The normalized spacial score (nSPS) is 13.1. The SMILES string of the molecule is CN(C(=O)Oc1c(C(F)(F)F)cc(C(F)(F)F)nc1-n1ccn(CC(O)N(C)C)c1=S)c1ccc(F)cc1. The van der Waals surface area contributed by atoms with Crippen molar-refractivity contribution in [2.75, 3.05) is 26.0 Å². The van der Waals surface area contributed by atoms with Gasteiger partial charge in [0.25, 0.3) is 0 Å². The molecule has 1 aromatic carbocycles. The number of likely N-dealkylation sites (N-methyl/N-ethyl adjacent to an activating group) is 1. The van der Waals surface area contributed by atoms with Gasteiger partial charge in [-0.2, -0.15) is 26.3 Å². The molecule has 1 amide bonds. The second-order valence-corrected chi connectivity index (χ2v) is 8.52. The van der Waals surface area contributed by atoms with Gasteiger partial charge in [-0.15, -0.1) is 0 Å². The molecule has 38 heavy (non-hydrogen) atoms. The summed E-state index contributed by atoms with van der Waals surface area (Å²) >= 11 is 5.21. The summed E-state index contributed by atoms with van der Waals surface area (Å²) in [5.41, 5.74) is -3.82. The predicted molar refractivity (Wildman–Crippen MR) is 123 cm³/mol. The van der Waals surface area contributed by atoms with Crippen molar-refractivity contribution in [3.8, 4) is 11.6 Å². The highest BCUT2D eigenvalue weighted by Gasteiger charge is 2.43. The number of nitrogens with zero attached hydrogens (tertiary/aromatic N) is 5. The average molecular weight is 567 g/mol. The van der Waals surface area contributed by atoms with E-state index in [9.17, 15) is 40.6 Å². The number of carbonyl (C=O) groups is 1. The Kier molecular flexibility index (Phi) is 8.18. The molecule has 2 aromatic heterocycles. The van der Waals surface area contributed by atoms with Crippen molar-refractivity contribution in [2.45, 2.75) is 25.1 Å². The molecule has 0 radical (unpaired) electrons. The Morgan fingerprint density at radius 1 is 1.08 bits per heavy atom. The minimum Gasteiger partial charge on any atom is -0.405 e. The molecule has 0 aliphatic rings. The molecule has 0 fully saturated rings. The van der Waals surface area contributed by atoms with Crippen molar-refractivity contribution in [1.82, 2.24) is 19.0 Å². The van der Waals surface area contributed by atoms with Gasteiger partial charge in [-0.3, -0.25) is 14.4 Å². The zero-order valence-electron chi connectivity index (χ0n) is 19.9. The summed E-state index contributed by atoms with van der Waals surface area (Å²) in [5, 5.41) is 10.1. The van der Waals surface area contributed by atoms with Crippen LogP contribution in [0.1, 0.15) is 11.3 Å². The molecule has 206 valence electrons. The lowest BCUT2D eigenvalue weighted by molar-refractivity contribution is -0.146. The number of aromatic nitrogens is 3. The Balaban J connectivity index is 2.20. The fourth-order valence-electron chi connectivity index (χ4n) is 3.12. The van der Waals surface area contributed by atoms with Gasteiger partial charge in [0.15, 0.2) is 16.3 Å². The number of aliphatic hydroxyl groups is 1. The van der Waals surface area contributed by atoms with Crippen LogP contribution in [0.2, 0.25) is 0 Å². The third kappa shape index (κ3) is 6.31. The molecule has 1 unspecified atom stereocenters. The lowest BCUT2D eigenvalue weighted by Gasteiger charge is -2.22. The van der Waals surface area contributed by atoms with E-state index in [0.29, 0.717) is 4.57 Å². The Bertz CT molecular complexity index is 1370. The summed E-state index contributed by atoms with van der Waals surface area (Å²) in [4.78, 5) is 18.2. The summed E-state index contributed by atoms with van der Waals surface area (Å²) < 4.78 is 102. The average Bonchev–Trinajstić information content (AvgIpc) is 3.17.